The molecule has 1 heterocycles. The molecule has 0 N–H and O–H groups in total. The van der Waals surface area contributed by atoms with Crippen molar-refractivity contribution in [3.63, 3.8) is 0 Å². The molecule has 132 valence electrons. The zero-order chi connectivity index (χ0) is 18.2. The molecule has 0 aliphatic heterocycles. The van der Waals surface area contributed by atoms with Crippen LogP contribution in [0.2, 0.25) is 0 Å². The van der Waals surface area contributed by atoms with Crippen LogP contribution in [0.25, 0.3) is 6.08 Å². The molecular weight excluding hydrogens is 312 g/mol. The summed E-state index contributed by atoms with van der Waals surface area (Å²) in [6.45, 7) is 6.11. The van der Waals surface area contributed by atoms with E-state index in [0.717, 1.165) is 23.3 Å². The first kappa shape index (κ1) is 18.7. The van der Waals surface area contributed by atoms with Crippen LogP contribution < -0.4 is 4.74 Å². The fourth-order valence-corrected chi connectivity index (χ4v) is 2.34. The molecule has 0 saturated carbocycles. The van der Waals surface area contributed by atoms with Gasteiger partial charge in [-0.3, -0.25) is 9.78 Å². The Morgan fingerprint density at radius 3 is 2.68 bits per heavy atom. The number of benzene rings is 1. The third kappa shape index (κ3) is 5.18. The standard InChI is InChI=1S/C21H26N2O2/c1-5-16(2)25-20-11-7-6-9-18(20)12-13-21(24)23(4)17(3)19-10-8-14-22-15-19/h6-17H,5H2,1-4H3/b13-12+. The van der Waals surface area contributed by atoms with Gasteiger partial charge < -0.3 is 9.64 Å². The summed E-state index contributed by atoms with van der Waals surface area (Å²) < 4.78 is 5.92. The molecule has 0 aliphatic rings. The van der Waals surface area contributed by atoms with E-state index in [0.29, 0.717) is 0 Å². The van der Waals surface area contributed by atoms with Gasteiger partial charge in [0.25, 0.3) is 0 Å². The van der Waals surface area contributed by atoms with E-state index in [4.69, 9.17) is 4.74 Å². The van der Waals surface area contributed by atoms with Gasteiger partial charge in [-0.25, -0.2) is 0 Å². The summed E-state index contributed by atoms with van der Waals surface area (Å²) in [6, 6.07) is 11.6. The average Bonchev–Trinajstić information content (AvgIpc) is 2.66. The van der Waals surface area contributed by atoms with Crippen LogP contribution in [0.4, 0.5) is 0 Å². The molecule has 2 aromatic rings. The number of rotatable bonds is 7. The van der Waals surface area contributed by atoms with Gasteiger partial charge in [0.15, 0.2) is 0 Å². The smallest absolute Gasteiger partial charge is 0.246 e. The molecule has 0 aliphatic carbocycles. The highest BCUT2D eigenvalue weighted by Gasteiger charge is 2.15. The molecule has 4 heteroatoms. The largest absolute Gasteiger partial charge is 0.490 e. The Hall–Kier alpha value is -2.62. The van der Waals surface area contributed by atoms with E-state index in [-0.39, 0.29) is 18.1 Å². The van der Waals surface area contributed by atoms with Crippen molar-refractivity contribution in [1.82, 2.24) is 9.88 Å². The lowest BCUT2D eigenvalue weighted by Crippen LogP contribution is -2.28. The number of hydrogen-bond acceptors (Lipinski definition) is 3. The zero-order valence-corrected chi connectivity index (χ0v) is 15.3. The highest BCUT2D eigenvalue weighted by atomic mass is 16.5. The zero-order valence-electron chi connectivity index (χ0n) is 15.3. The van der Waals surface area contributed by atoms with E-state index in [1.807, 2.05) is 56.3 Å². The van der Waals surface area contributed by atoms with Crippen molar-refractivity contribution in [3.05, 3.63) is 66.0 Å². The second kappa shape index (κ2) is 9.02. The molecule has 2 unspecified atom stereocenters. The summed E-state index contributed by atoms with van der Waals surface area (Å²) in [4.78, 5) is 18.3. The first-order valence-corrected chi connectivity index (χ1v) is 8.63. The van der Waals surface area contributed by atoms with Gasteiger partial charge in [-0.1, -0.05) is 31.2 Å². The highest BCUT2D eigenvalue weighted by Crippen LogP contribution is 2.22. The van der Waals surface area contributed by atoms with Gasteiger partial charge in [0.2, 0.25) is 5.91 Å². The molecule has 2 rings (SSSR count). The summed E-state index contributed by atoms with van der Waals surface area (Å²) in [5, 5.41) is 0. The molecule has 25 heavy (non-hydrogen) atoms. The fraction of sp³-hybridized carbons (Fsp3) is 0.333. The van der Waals surface area contributed by atoms with Crippen molar-refractivity contribution in [2.24, 2.45) is 0 Å². The predicted octanol–water partition coefficient (Wildman–Crippen LogP) is 4.49. The van der Waals surface area contributed by atoms with Crippen LogP contribution in [0.3, 0.4) is 0 Å². The van der Waals surface area contributed by atoms with Crippen LogP contribution in [0.5, 0.6) is 5.75 Å². The third-order valence-corrected chi connectivity index (χ3v) is 4.32. The number of aromatic nitrogens is 1. The molecule has 0 fully saturated rings. The lowest BCUT2D eigenvalue weighted by Gasteiger charge is -2.23. The van der Waals surface area contributed by atoms with Crippen LogP contribution in [0.1, 0.15) is 44.4 Å². The maximum atomic E-state index is 12.5. The number of likely N-dealkylation sites (N-methyl/N-ethyl adjacent to an activating group) is 1. The van der Waals surface area contributed by atoms with Crippen molar-refractivity contribution in [2.75, 3.05) is 7.05 Å². The highest BCUT2D eigenvalue weighted by molar-refractivity contribution is 5.92. The summed E-state index contributed by atoms with van der Waals surface area (Å²) in [5.41, 5.74) is 1.91. The number of carbonyl (C=O) groups excluding carboxylic acids is 1. The van der Waals surface area contributed by atoms with Gasteiger partial charge in [-0.05, 0) is 44.0 Å². The van der Waals surface area contributed by atoms with Gasteiger partial charge in [-0.15, -0.1) is 0 Å². The van der Waals surface area contributed by atoms with Crippen LogP contribution in [-0.2, 0) is 4.79 Å². The predicted molar refractivity (Wildman–Crippen MR) is 101 cm³/mol. The molecule has 0 saturated heterocycles. The van der Waals surface area contributed by atoms with E-state index in [2.05, 4.69) is 11.9 Å². The number of para-hydroxylation sites is 1. The molecule has 2 atom stereocenters. The van der Waals surface area contributed by atoms with E-state index >= 15 is 0 Å². The van der Waals surface area contributed by atoms with E-state index < -0.39 is 0 Å². The Bertz CT molecular complexity index is 713. The number of pyridine rings is 1. The first-order valence-electron chi connectivity index (χ1n) is 8.63. The van der Waals surface area contributed by atoms with Crippen LogP contribution >= 0.6 is 0 Å². The van der Waals surface area contributed by atoms with E-state index in [9.17, 15) is 4.79 Å². The molecule has 0 spiro atoms. The van der Waals surface area contributed by atoms with Crippen molar-refractivity contribution < 1.29 is 9.53 Å². The minimum Gasteiger partial charge on any atom is -0.490 e. The van der Waals surface area contributed by atoms with Gasteiger partial charge >= 0.3 is 0 Å². The second-order valence-corrected chi connectivity index (χ2v) is 6.12. The summed E-state index contributed by atoms with van der Waals surface area (Å²) in [5.74, 6) is 0.735. The second-order valence-electron chi connectivity index (χ2n) is 6.12. The maximum absolute atomic E-state index is 12.5. The number of amides is 1. The number of carbonyl (C=O) groups is 1. The lowest BCUT2D eigenvalue weighted by atomic mass is 10.1. The lowest BCUT2D eigenvalue weighted by molar-refractivity contribution is -0.126. The minimum atomic E-state index is -0.0605. The topological polar surface area (TPSA) is 42.4 Å². The number of nitrogens with zero attached hydrogens (tertiary/aromatic N) is 2. The van der Waals surface area contributed by atoms with Gasteiger partial charge in [0.05, 0.1) is 12.1 Å². The van der Waals surface area contributed by atoms with Crippen molar-refractivity contribution in [2.45, 2.75) is 39.3 Å². The Labute approximate surface area is 150 Å². The van der Waals surface area contributed by atoms with Crippen LogP contribution in [0.15, 0.2) is 54.9 Å². The minimum absolute atomic E-state index is 0.0440. The summed E-state index contributed by atoms with van der Waals surface area (Å²) in [7, 11) is 1.80. The van der Waals surface area contributed by atoms with E-state index in [1.54, 1.807) is 30.4 Å². The molecule has 0 bridgehead atoms. The van der Waals surface area contributed by atoms with Gasteiger partial charge in [0, 0.05) is 31.1 Å². The average molecular weight is 338 g/mol. The Morgan fingerprint density at radius 2 is 2.00 bits per heavy atom. The number of ether oxygens (including phenoxy) is 1. The molecule has 1 aromatic heterocycles. The van der Waals surface area contributed by atoms with Gasteiger partial charge in [0.1, 0.15) is 5.75 Å². The maximum Gasteiger partial charge on any atom is 0.246 e. The third-order valence-electron chi connectivity index (χ3n) is 4.32. The van der Waals surface area contributed by atoms with Crippen molar-refractivity contribution in [3.8, 4) is 5.75 Å². The van der Waals surface area contributed by atoms with Gasteiger partial charge in [-0.2, -0.15) is 0 Å². The fourth-order valence-electron chi connectivity index (χ4n) is 2.34. The quantitative estimate of drug-likeness (QED) is 0.699. The van der Waals surface area contributed by atoms with E-state index in [1.165, 1.54) is 0 Å². The normalized spacial score (nSPS) is 13.4. The number of hydrogen-bond donors (Lipinski definition) is 0. The monoisotopic (exact) mass is 338 g/mol. The Morgan fingerprint density at radius 1 is 1.24 bits per heavy atom. The SMILES string of the molecule is CCC(C)Oc1ccccc1/C=C/C(=O)N(C)C(C)c1cccnc1. The molecule has 1 amide bonds. The Kier molecular flexibility index (Phi) is 6.75. The van der Waals surface area contributed by atoms with Crippen LogP contribution in [0, 0.1) is 0 Å². The Balaban J connectivity index is 2.09. The summed E-state index contributed by atoms with van der Waals surface area (Å²) >= 11 is 0. The first-order chi connectivity index (χ1) is 12.0. The summed E-state index contributed by atoms with van der Waals surface area (Å²) in [6.07, 6.45) is 7.98. The van der Waals surface area contributed by atoms with Crippen LogP contribution in [-0.4, -0.2) is 28.9 Å². The molecule has 1 aromatic carbocycles. The molecular formula is C21H26N2O2. The molecule has 0 radical (unpaired) electrons. The molecule has 4 nitrogen and oxygen atoms in total. The van der Waals surface area contributed by atoms with Crippen molar-refractivity contribution in [1.29, 1.82) is 0 Å². The van der Waals surface area contributed by atoms with Crippen molar-refractivity contribution >= 4 is 12.0 Å².